The van der Waals surface area contributed by atoms with Crippen molar-refractivity contribution in [2.24, 2.45) is 0 Å². The highest BCUT2D eigenvalue weighted by atomic mass is 19.1. The van der Waals surface area contributed by atoms with Gasteiger partial charge in [-0.2, -0.15) is 0 Å². The lowest BCUT2D eigenvalue weighted by Crippen LogP contribution is -2.22. The van der Waals surface area contributed by atoms with Crippen molar-refractivity contribution in [3.8, 4) is 5.75 Å². The molecular formula is C18H17FN2O6. The number of rotatable bonds is 7. The van der Waals surface area contributed by atoms with E-state index in [4.69, 9.17) is 9.47 Å². The van der Waals surface area contributed by atoms with E-state index in [1.54, 1.807) is 6.92 Å². The quantitative estimate of drug-likeness (QED) is 0.452. The highest BCUT2D eigenvalue weighted by Crippen LogP contribution is 2.22. The Hall–Kier alpha value is -3.49. The SMILES string of the molecule is COc1ccc(CC(=O)OCC(=O)Nc2cc([N+](=O)[O-])ccc2C)cc1F. The van der Waals surface area contributed by atoms with Crippen LogP contribution in [0.15, 0.2) is 36.4 Å². The Morgan fingerprint density at radius 2 is 1.96 bits per heavy atom. The Kier molecular flexibility index (Phi) is 6.42. The number of nitro benzene ring substituents is 1. The average molecular weight is 376 g/mol. The molecular weight excluding hydrogens is 359 g/mol. The van der Waals surface area contributed by atoms with Gasteiger partial charge in [-0.15, -0.1) is 0 Å². The van der Waals surface area contributed by atoms with Gasteiger partial charge < -0.3 is 14.8 Å². The van der Waals surface area contributed by atoms with E-state index in [0.717, 1.165) is 6.07 Å². The average Bonchev–Trinajstić information content (AvgIpc) is 2.62. The molecule has 0 unspecified atom stereocenters. The second kappa shape index (κ2) is 8.75. The highest BCUT2D eigenvalue weighted by molar-refractivity contribution is 5.93. The largest absolute Gasteiger partial charge is 0.494 e. The number of ether oxygens (including phenoxy) is 2. The Bertz CT molecular complexity index is 884. The number of aryl methyl sites for hydroxylation is 1. The molecule has 0 aliphatic heterocycles. The van der Waals surface area contributed by atoms with Crippen molar-refractivity contribution in [1.29, 1.82) is 0 Å². The molecule has 0 heterocycles. The monoisotopic (exact) mass is 376 g/mol. The number of methoxy groups -OCH3 is 1. The molecule has 9 heteroatoms. The number of hydrogen-bond donors (Lipinski definition) is 1. The van der Waals surface area contributed by atoms with Crippen molar-refractivity contribution in [2.45, 2.75) is 13.3 Å². The third-order valence-corrected chi connectivity index (χ3v) is 3.63. The summed E-state index contributed by atoms with van der Waals surface area (Å²) in [6.45, 7) is 1.10. The van der Waals surface area contributed by atoms with E-state index >= 15 is 0 Å². The van der Waals surface area contributed by atoms with Gasteiger partial charge in [0.25, 0.3) is 11.6 Å². The van der Waals surface area contributed by atoms with E-state index in [1.165, 1.54) is 37.4 Å². The molecule has 2 rings (SSSR count). The number of non-ortho nitro benzene ring substituents is 1. The summed E-state index contributed by atoms with van der Waals surface area (Å²) in [5, 5.41) is 13.2. The molecule has 0 bridgehead atoms. The molecule has 0 aliphatic rings. The maximum atomic E-state index is 13.6. The number of carbonyl (C=O) groups excluding carboxylic acids is 2. The van der Waals surface area contributed by atoms with Gasteiger partial charge in [0.05, 0.1) is 24.1 Å². The molecule has 27 heavy (non-hydrogen) atoms. The Morgan fingerprint density at radius 3 is 2.59 bits per heavy atom. The fourth-order valence-corrected chi connectivity index (χ4v) is 2.23. The maximum Gasteiger partial charge on any atom is 0.310 e. The first kappa shape index (κ1) is 19.8. The number of nitrogens with one attached hydrogen (secondary N) is 1. The summed E-state index contributed by atoms with van der Waals surface area (Å²) in [4.78, 5) is 33.9. The molecule has 0 radical (unpaired) electrons. The van der Waals surface area contributed by atoms with E-state index in [9.17, 15) is 24.1 Å². The van der Waals surface area contributed by atoms with Crippen LogP contribution in [0.5, 0.6) is 5.75 Å². The van der Waals surface area contributed by atoms with Gasteiger partial charge in [-0.3, -0.25) is 19.7 Å². The molecule has 0 fully saturated rings. The van der Waals surface area contributed by atoms with Crippen LogP contribution in [0.1, 0.15) is 11.1 Å². The van der Waals surface area contributed by atoms with Crippen LogP contribution in [0.4, 0.5) is 15.8 Å². The lowest BCUT2D eigenvalue weighted by atomic mass is 10.1. The smallest absolute Gasteiger partial charge is 0.310 e. The molecule has 2 aromatic rings. The Labute approximate surface area is 154 Å². The van der Waals surface area contributed by atoms with Crippen LogP contribution >= 0.6 is 0 Å². The summed E-state index contributed by atoms with van der Waals surface area (Å²) < 4.78 is 23.2. The predicted molar refractivity (Wildman–Crippen MR) is 94.1 cm³/mol. The van der Waals surface area contributed by atoms with Crippen molar-refractivity contribution < 1.29 is 28.4 Å². The molecule has 0 aromatic heterocycles. The number of nitrogens with zero attached hydrogens (tertiary/aromatic N) is 1. The standard InChI is InChI=1S/C18H17FN2O6/c1-11-3-5-13(21(24)25)9-15(11)20-17(22)10-27-18(23)8-12-4-6-16(26-2)14(19)7-12/h3-7,9H,8,10H2,1-2H3,(H,20,22). The molecule has 0 saturated carbocycles. The third-order valence-electron chi connectivity index (χ3n) is 3.63. The fraction of sp³-hybridized carbons (Fsp3) is 0.222. The van der Waals surface area contributed by atoms with E-state index in [1.807, 2.05) is 0 Å². The van der Waals surface area contributed by atoms with Crippen LogP contribution in [-0.2, 0) is 20.7 Å². The number of halogens is 1. The van der Waals surface area contributed by atoms with Crippen LogP contribution in [0.2, 0.25) is 0 Å². The lowest BCUT2D eigenvalue weighted by molar-refractivity contribution is -0.384. The first-order chi connectivity index (χ1) is 12.8. The van der Waals surface area contributed by atoms with Crippen molar-refractivity contribution in [2.75, 3.05) is 19.0 Å². The molecule has 1 amide bonds. The number of carbonyl (C=O) groups is 2. The van der Waals surface area contributed by atoms with Crippen molar-refractivity contribution >= 4 is 23.3 Å². The second-order valence-corrected chi connectivity index (χ2v) is 5.61. The number of nitro groups is 1. The van der Waals surface area contributed by atoms with E-state index in [2.05, 4.69) is 5.32 Å². The topological polar surface area (TPSA) is 108 Å². The van der Waals surface area contributed by atoms with E-state index < -0.39 is 29.2 Å². The zero-order chi connectivity index (χ0) is 20.0. The highest BCUT2D eigenvalue weighted by Gasteiger charge is 2.14. The Morgan fingerprint density at radius 1 is 1.22 bits per heavy atom. The molecule has 0 saturated heterocycles. The predicted octanol–water partition coefficient (Wildman–Crippen LogP) is 2.78. The van der Waals surface area contributed by atoms with Gasteiger partial charge in [-0.05, 0) is 30.2 Å². The molecule has 8 nitrogen and oxygen atoms in total. The molecule has 0 atom stereocenters. The molecule has 0 spiro atoms. The lowest BCUT2D eigenvalue weighted by Gasteiger charge is -2.09. The summed E-state index contributed by atoms with van der Waals surface area (Å²) >= 11 is 0. The van der Waals surface area contributed by atoms with Crippen molar-refractivity contribution in [1.82, 2.24) is 0 Å². The van der Waals surface area contributed by atoms with Crippen molar-refractivity contribution in [3.63, 3.8) is 0 Å². The van der Waals surface area contributed by atoms with Crippen LogP contribution in [-0.4, -0.2) is 30.5 Å². The second-order valence-electron chi connectivity index (χ2n) is 5.61. The zero-order valence-corrected chi connectivity index (χ0v) is 14.7. The summed E-state index contributed by atoms with van der Waals surface area (Å²) in [5.74, 6) is -1.92. The van der Waals surface area contributed by atoms with Gasteiger partial charge in [0.1, 0.15) is 0 Å². The minimum absolute atomic E-state index is 0.0545. The maximum absolute atomic E-state index is 13.6. The van der Waals surface area contributed by atoms with Gasteiger partial charge in [0.15, 0.2) is 18.2 Å². The summed E-state index contributed by atoms with van der Waals surface area (Å²) in [7, 11) is 1.33. The normalized spacial score (nSPS) is 10.2. The van der Waals surface area contributed by atoms with Gasteiger partial charge in [0, 0.05) is 12.1 Å². The number of amides is 1. The minimum Gasteiger partial charge on any atom is -0.494 e. The van der Waals surface area contributed by atoms with Gasteiger partial charge in [-0.1, -0.05) is 12.1 Å². The van der Waals surface area contributed by atoms with E-state index in [-0.39, 0.29) is 23.5 Å². The van der Waals surface area contributed by atoms with Crippen LogP contribution in [0.25, 0.3) is 0 Å². The summed E-state index contributed by atoms with van der Waals surface area (Å²) in [6, 6.07) is 8.07. The first-order valence-corrected chi connectivity index (χ1v) is 7.83. The minimum atomic E-state index is -0.717. The number of benzene rings is 2. The number of esters is 1. The Balaban J connectivity index is 1.90. The third kappa shape index (κ3) is 5.50. The summed E-state index contributed by atoms with van der Waals surface area (Å²) in [5.41, 5.74) is 1.07. The van der Waals surface area contributed by atoms with Gasteiger partial charge >= 0.3 is 5.97 Å². The number of hydrogen-bond acceptors (Lipinski definition) is 6. The summed E-state index contributed by atoms with van der Waals surface area (Å²) in [6.07, 6.45) is -0.218. The van der Waals surface area contributed by atoms with Crippen LogP contribution < -0.4 is 10.1 Å². The van der Waals surface area contributed by atoms with E-state index in [0.29, 0.717) is 11.1 Å². The number of anilines is 1. The molecule has 2 aromatic carbocycles. The first-order valence-electron chi connectivity index (χ1n) is 7.83. The van der Waals surface area contributed by atoms with Crippen molar-refractivity contribution in [3.05, 3.63) is 63.5 Å². The molecule has 142 valence electrons. The molecule has 0 aliphatic carbocycles. The van der Waals surface area contributed by atoms with Gasteiger partial charge in [0.2, 0.25) is 0 Å². The van der Waals surface area contributed by atoms with Crippen LogP contribution in [0.3, 0.4) is 0 Å². The van der Waals surface area contributed by atoms with Crippen LogP contribution in [0, 0.1) is 22.9 Å². The van der Waals surface area contributed by atoms with Gasteiger partial charge in [-0.25, -0.2) is 4.39 Å². The fourth-order valence-electron chi connectivity index (χ4n) is 2.23. The zero-order valence-electron chi connectivity index (χ0n) is 14.7. The molecule has 1 N–H and O–H groups in total.